The molecule has 8 heteroatoms. The lowest BCUT2D eigenvalue weighted by atomic mass is 10.2. The molecule has 0 atom stereocenters. The van der Waals surface area contributed by atoms with Gasteiger partial charge in [-0.25, -0.2) is 0 Å². The Hall–Kier alpha value is -1.80. The number of nitrogens with one attached hydrogen (secondary N) is 2. The van der Waals surface area contributed by atoms with Gasteiger partial charge in [0.2, 0.25) is 5.91 Å². The lowest BCUT2D eigenvalue weighted by molar-refractivity contribution is -0.132. The summed E-state index contributed by atoms with van der Waals surface area (Å²) in [7, 11) is -3.53. The van der Waals surface area contributed by atoms with E-state index in [4.69, 9.17) is 0 Å². The Balaban J connectivity index is 1.30. The van der Waals surface area contributed by atoms with Gasteiger partial charge >= 0.3 is 0 Å². The first kappa shape index (κ1) is 18.6. The summed E-state index contributed by atoms with van der Waals surface area (Å²) < 4.78 is 29.8. The summed E-state index contributed by atoms with van der Waals surface area (Å²) in [5.74, 6) is 0.593. The maximum Gasteiger partial charge on any atom is 0.299 e. The topological polar surface area (TPSA) is 81.8 Å². The average Bonchev–Trinajstić information content (AvgIpc) is 3.39. The summed E-state index contributed by atoms with van der Waals surface area (Å²) in [6, 6.07) is 7.52. The van der Waals surface area contributed by atoms with Crippen molar-refractivity contribution in [1.29, 1.82) is 0 Å². The van der Waals surface area contributed by atoms with Gasteiger partial charge in [0.05, 0.1) is 0 Å². The highest BCUT2D eigenvalue weighted by Gasteiger charge is 2.34. The molecule has 2 aliphatic carbocycles. The smallest absolute Gasteiger partial charge is 0.299 e. The summed E-state index contributed by atoms with van der Waals surface area (Å²) in [5, 5.41) is 0. The first-order chi connectivity index (χ1) is 13.0. The number of benzene rings is 1. The number of carbonyl (C=O) groups is 1. The number of anilines is 2. The SMILES string of the molecule is O=C(C1CC1)N1CCN(c2ccc(NS(=O)(=O)NC3CCCC3)cc2)CC1. The van der Waals surface area contributed by atoms with Gasteiger partial charge in [0.15, 0.2) is 0 Å². The van der Waals surface area contributed by atoms with Crippen molar-refractivity contribution < 1.29 is 13.2 Å². The molecule has 0 spiro atoms. The fraction of sp³-hybridized carbons (Fsp3) is 0.632. The van der Waals surface area contributed by atoms with E-state index in [1.807, 2.05) is 17.0 Å². The van der Waals surface area contributed by atoms with Gasteiger partial charge in [-0.1, -0.05) is 12.8 Å². The van der Waals surface area contributed by atoms with E-state index in [1.54, 1.807) is 12.1 Å². The van der Waals surface area contributed by atoms with E-state index >= 15 is 0 Å². The fourth-order valence-electron chi connectivity index (χ4n) is 3.96. The molecule has 0 unspecified atom stereocenters. The van der Waals surface area contributed by atoms with E-state index in [-0.39, 0.29) is 12.0 Å². The summed E-state index contributed by atoms with van der Waals surface area (Å²) >= 11 is 0. The van der Waals surface area contributed by atoms with E-state index in [9.17, 15) is 13.2 Å². The van der Waals surface area contributed by atoms with Crippen molar-refractivity contribution in [3.05, 3.63) is 24.3 Å². The summed E-state index contributed by atoms with van der Waals surface area (Å²) in [4.78, 5) is 16.4. The number of carbonyl (C=O) groups excluding carboxylic acids is 1. The van der Waals surface area contributed by atoms with Gasteiger partial charge in [-0.2, -0.15) is 13.1 Å². The van der Waals surface area contributed by atoms with Gasteiger partial charge in [0.1, 0.15) is 0 Å². The molecule has 3 aliphatic rings. The molecular weight excluding hydrogens is 364 g/mol. The zero-order chi connectivity index (χ0) is 18.9. The molecular formula is C19H28N4O3S. The molecule has 2 N–H and O–H groups in total. The van der Waals surface area contributed by atoms with Crippen LogP contribution in [0.3, 0.4) is 0 Å². The third-order valence-corrected chi connectivity index (χ3v) is 6.83. The van der Waals surface area contributed by atoms with Crippen LogP contribution in [0.25, 0.3) is 0 Å². The van der Waals surface area contributed by atoms with E-state index in [0.717, 1.165) is 70.4 Å². The molecule has 0 bridgehead atoms. The van der Waals surface area contributed by atoms with Crippen LogP contribution in [-0.4, -0.2) is 51.4 Å². The van der Waals surface area contributed by atoms with Gasteiger partial charge < -0.3 is 9.80 Å². The minimum absolute atomic E-state index is 0.0522. The molecule has 27 heavy (non-hydrogen) atoms. The van der Waals surface area contributed by atoms with Crippen molar-refractivity contribution in [3.63, 3.8) is 0 Å². The maximum atomic E-state index is 12.2. The van der Waals surface area contributed by atoms with Crippen LogP contribution < -0.4 is 14.3 Å². The number of amides is 1. The Kier molecular flexibility index (Phi) is 5.27. The number of piperazine rings is 1. The second kappa shape index (κ2) is 7.67. The van der Waals surface area contributed by atoms with E-state index < -0.39 is 10.2 Å². The second-order valence-electron chi connectivity index (χ2n) is 7.84. The van der Waals surface area contributed by atoms with Gasteiger partial charge in [-0.3, -0.25) is 9.52 Å². The van der Waals surface area contributed by atoms with Crippen LogP contribution in [-0.2, 0) is 15.0 Å². The van der Waals surface area contributed by atoms with Crippen LogP contribution in [0.2, 0.25) is 0 Å². The third-order valence-electron chi connectivity index (χ3n) is 5.68. The maximum absolute atomic E-state index is 12.2. The molecule has 3 fully saturated rings. The zero-order valence-corrected chi connectivity index (χ0v) is 16.4. The van der Waals surface area contributed by atoms with Gasteiger partial charge in [-0.15, -0.1) is 0 Å². The zero-order valence-electron chi connectivity index (χ0n) is 15.6. The van der Waals surface area contributed by atoms with Gasteiger partial charge in [0.25, 0.3) is 10.2 Å². The molecule has 1 aromatic rings. The molecule has 1 saturated heterocycles. The Bertz CT molecular complexity index is 763. The summed E-state index contributed by atoms with van der Waals surface area (Å²) in [6.07, 6.45) is 6.09. The Morgan fingerprint density at radius 3 is 2.15 bits per heavy atom. The molecule has 4 rings (SSSR count). The summed E-state index contributed by atoms with van der Waals surface area (Å²) in [5.41, 5.74) is 1.62. The number of hydrogen-bond donors (Lipinski definition) is 2. The predicted octanol–water partition coefficient (Wildman–Crippen LogP) is 1.93. The minimum atomic E-state index is -3.53. The van der Waals surface area contributed by atoms with Crippen LogP contribution in [0.4, 0.5) is 11.4 Å². The highest BCUT2D eigenvalue weighted by atomic mass is 32.2. The van der Waals surface area contributed by atoms with E-state index in [0.29, 0.717) is 11.6 Å². The van der Waals surface area contributed by atoms with E-state index in [2.05, 4.69) is 14.3 Å². The van der Waals surface area contributed by atoms with Gasteiger partial charge in [-0.05, 0) is 49.9 Å². The standard InChI is InChI=1S/C19H28N4O3S/c24-19(15-5-6-15)23-13-11-22(12-14-23)18-9-7-17(8-10-18)21-27(25,26)20-16-3-1-2-4-16/h7-10,15-16,20-21H,1-6,11-14H2. The molecule has 1 aromatic carbocycles. The van der Waals surface area contributed by atoms with Crippen molar-refractivity contribution in [3.8, 4) is 0 Å². The number of nitrogens with zero attached hydrogens (tertiary/aromatic N) is 2. The first-order valence-corrected chi connectivity index (χ1v) is 11.4. The van der Waals surface area contributed by atoms with Crippen molar-refractivity contribution in [1.82, 2.24) is 9.62 Å². The quantitative estimate of drug-likeness (QED) is 0.775. The Labute approximate surface area is 161 Å². The predicted molar refractivity (Wildman–Crippen MR) is 106 cm³/mol. The number of hydrogen-bond acceptors (Lipinski definition) is 4. The molecule has 1 heterocycles. The van der Waals surface area contributed by atoms with Crippen LogP contribution in [0.1, 0.15) is 38.5 Å². The van der Waals surface area contributed by atoms with Crippen molar-refractivity contribution in [2.45, 2.75) is 44.6 Å². The molecule has 148 valence electrons. The van der Waals surface area contributed by atoms with Crippen molar-refractivity contribution >= 4 is 27.5 Å². The Morgan fingerprint density at radius 1 is 0.926 bits per heavy atom. The molecule has 2 saturated carbocycles. The lowest BCUT2D eigenvalue weighted by Gasteiger charge is -2.36. The molecule has 1 aliphatic heterocycles. The summed E-state index contributed by atoms with van der Waals surface area (Å²) in [6.45, 7) is 3.14. The van der Waals surface area contributed by atoms with Gasteiger partial charge in [0, 0.05) is 49.5 Å². The number of rotatable bonds is 6. The van der Waals surface area contributed by atoms with Crippen LogP contribution in [0, 0.1) is 5.92 Å². The Morgan fingerprint density at radius 2 is 1.56 bits per heavy atom. The fourth-order valence-corrected chi connectivity index (χ4v) is 5.14. The largest absolute Gasteiger partial charge is 0.368 e. The third kappa shape index (κ3) is 4.73. The van der Waals surface area contributed by atoms with E-state index in [1.165, 1.54) is 0 Å². The molecule has 0 radical (unpaired) electrons. The normalized spacial score (nSPS) is 21.5. The minimum Gasteiger partial charge on any atom is -0.368 e. The monoisotopic (exact) mass is 392 g/mol. The van der Waals surface area contributed by atoms with Crippen LogP contribution in [0.5, 0.6) is 0 Å². The average molecular weight is 393 g/mol. The molecule has 7 nitrogen and oxygen atoms in total. The first-order valence-electron chi connectivity index (χ1n) is 9.94. The van der Waals surface area contributed by atoms with Crippen molar-refractivity contribution in [2.75, 3.05) is 35.8 Å². The van der Waals surface area contributed by atoms with Crippen LogP contribution >= 0.6 is 0 Å². The highest BCUT2D eigenvalue weighted by molar-refractivity contribution is 7.90. The lowest BCUT2D eigenvalue weighted by Crippen LogP contribution is -2.49. The molecule has 0 aromatic heterocycles. The van der Waals surface area contributed by atoms with Crippen molar-refractivity contribution in [2.24, 2.45) is 5.92 Å². The van der Waals surface area contributed by atoms with Crippen LogP contribution in [0.15, 0.2) is 24.3 Å². The highest BCUT2D eigenvalue weighted by Crippen LogP contribution is 2.31. The molecule has 1 amide bonds. The second-order valence-corrected chi connectivity index (χ2v) is 9.28.